The van der Waals surface area contributed by atoms with Crippen LogP contribution in [0.1, 0.15) is 24.1 Å². The molecule has 1 saturated heterocycles. The zero-order valence-electron chi connectivity index (χ0n) is 18.0. The zero-order valence-corrected chi connectivity index (χ0v) is 18.8. The lowest BCUT2D eigenvalue weighted by atomic mass is 9.82. The SMILES string of the molecule is COc1ccc2c(c1)NC1(CCN(C(=O)CSCc3ccc(F)cc3)CC1)c1cccn1-2. The smallest absolute Gasteiger partial charge is 0.232 e. The van der Waals surface area contributed by atoms with Gasteiger partial charge in [-0.05, 0) is 54.8 Å². The van der Waals surface area contributed by atoms with Crippen LogP contribution in [-0.4, -0.2) is 41.3 Å². The quantitative estimate of drug-likeness (QED) is 0.605. The summed E-state index contributed by atoms with van der Waals surface area (Å²) in [4.78, 5) is 14.8. The number of anilines is 1. The lowest BCUT2D eigenvalue weighted by Gasteiger charge is -2.46. The molecule has 0 unspecified atom stereocenters. The highest BCUT2D eigenvalue weighted by Gasteiger charge is 2.42. The van der Waals surface area contributed by atoms with Crippen LogP contribution in [0.3, 0.4) is 0 Å². The molecule has 7 heteroatoms. The van der Waals surface area contributed by atoms with E-state index in [9.17, 15) is 9.18 Å². The van der Waals surface area contributed by atoms with Gasteiger partial charge in [-0.3, -0.25) is 4.79 Å². The van der Waals surface area contributed by atoms with Crippen molar-refractivity contribution >= 4 is 23.4 Å². The molecule has 1 aromatic heterocycles. The van der Waals surface area contributed by atoms with E-state index < -0.39 is 0 Å². The highest BCUT2D eigenvalue weighted by molar-refractivity contribution is 7.99. The third-order valence-electron chi connectivity index (χ3n) is 6.45. The van der Waals surface area contributed by atoms with Crippen molar-refractivity contribution in [3.05, 3.63) is 77.9 Å². The highest BCUT2D eigenvalue weighted by atomic mass is 32.2. The van der Waals surface area contributed by atoms with Crippen molar-refractivity contribution in [2.24, 2.45) is 0 Å². The van der Waals surface area contributed by atoms with Gasteiger partial charge in [0.15, 0.2) is 0 Å². The Morgan fingerprint density at radius 1 is 1.16 bits per heavy atom. The van der Waals surface area contributed by atoms with Gasteiger partial charge in [-0.2, -0.15) is 0 Å². The summed E-state index contributed by atoms with van der Waals surface area (Å²) in [5, 5.41) is 3.78. The molecule has 32 heavy (non-hydrogen) atoms. The first kappa shape index (κ1) is 20.9. The number of rotatable bonds is 5. The minimum Gasteiger partial charge on any atom is -0.497 e. The van der Waals surface area contributed by atoms with E-state index in [2.05, 4.69) is 34.3 Å². The molecule has 0 radical (unpaired) electrons. The number of benzene rings is 2. The Labute approximate surface area is 191 Å². The monoisotopic (exact) mass is 451 g/mol. The number of amides is 1. The predicted octanol–water partition coefficient (Wildman–Crippen LogP) is 4.80. The topological polar surface area (TPSA) is 46.5 Å². The van der Waals surface area contributed by atoms with Crippen molar-refractivity contribution in [2.45, 2.75) is 24.1 Å². The number of thioether (sulfide) groups is 1. The first-order valence-corrected chi connectivity index (χ1v) is 12.0. The maximum absolute atomic E-state index is 13.0. The molecule has 0 atom stereocenters. The number of methoxy groups -OCH3 is 1. The summed E-state index contributed by atoms with van der Waals surface area (Å²) < 4.78 is 20.7. The number of halogens is 1. The number of carbonyl (C=O) groups excluding carboxylic acids is 1. The van der Waals surface area contributed by atoms with E-state index in [1.807, 2.05) is 17.0 Å². The van der Waals surface area contributed by atoms with E-state index in [0.717, 1.165) is 35.5 Å². The molecule has 5 nitrogen and oxygen atoms in total. The summed E-state index contributed by atoms with van der Waals surface area (Å²) in [6, 6.07) is 16.8. The average Bonchev–Trinajstić information content (AvgIpc) is 3.32. The zero-order chi connectivity index (χ0) is 22.1. The fourth-order valence-corrected chi connectivity index (χ4v) is 5.59. The second-order valence-corrected chi connectivity index (χ2v) is 9.34. The largest absolute Gasteiger partial charge is 0.497 e. The molecule has 5 rings (SSSR count). The van der Waals surface area contributed by atoms with Crippen LogP contribution in [0.5, 0.6) is 5.75 Å². The fourth-order valence-electron chi connectivity index (χ4n) is 4.70. The first-order chi connectivity index (χ1) is 15.6. The molecule has 2 aliphatic heterocycles. The minimum atomic E-state index is -0.236. The van der Waals surface area contributed by atoms with Crippen molar-refractivity contribution in [1.29, 1.82) is 0 Å². The van der Waals surface area contributed by atoms with Gasteiger partial charge in [0.25, 0.3) is 0 Å². The van der Waals surface area contributed by atoms with E-state index in [1.54, 1.807) is 31.0 Å². The number of likely N-dealkylation sites (tertiary alicyclic amines) is 1. The van der Waals surface area contributed by atoms with Crippen molar-refractivity contribution in [3.63, 3.8) is 0 Å². The van der Waals surface area contributed by atoms with E-state index >= 15 is 0 Å². The van der Waals surface area contributed by atoms with Crippen molar-refractivity contribution in [3.8, 4) is 11.4 Å². The standard InChI is InChI=1S/C25H26FN3O2S/c1-31-20-8-9-22-21(15-20)27-25(23-3-2-12-29(22)23)10-13-28(14-11-25)24(30)17-32-16-18-4-6-19(26)7-5-18/h2-9,12,15,27H,10-11,13-14,16-17H2,1H3. The van der Waals surface area contributed by atoms with Gasteiger partial charge in [-0.1, -0.05) is 12.1 Å². The summed E-state index contributed by atoms with van der Waals surface area (Å²) in [6.45, 7) is 1.43. The van der Waals surface area contributed by atoms with Crippen molar-refractivity contribution < 1.29 is 13.9 Å². The van der Waals surface area contributed by atoms with Crippen molar-refractivity contribution in [1.82, 2.24) is 9.47 Å². The number of nitrogens with zero attached hydrogens (tertiary/aromatic N) is 2. The van der Waals surface area contributed by atoms with Crippen LogP contribution < -0.4 is 10.1 Å². The van der Waals surface area contributed by atoms with E-state index in [0.29, 0.717) is 24.6 Å². The molecule has 2 aromatic carbocycles. The third-order valence-corrected chi connectivity index (χ3v) is 7.44. The third kappa shape index (κ3) is 3.86. The predicted molar refractivity (Wildman–Crippen MR) is 126 cm³/mol. The number of carbonyl (C=O) groups is 1. The molecule has 166 valence electrons. The normalized spacial score (nSPS) is 16.2. The van der Waals surface area contributed by atoms with Gasteiger partial charge in [-0.15, -0.1) is 11.8 Å². The Balaban J connectivity index is 1.24. The van der Waals surface area contributed by atoms with Gasteiger partial charge in [-0.25, -0.2) is 4.39 Å². The number of ether oxygens (including phenoxy) is 1. The highest BCUT2D eigenvalue weighted by Crippen LogP contribution is 2.44. The van der Waals surface area contributed by atoms with E-state index in [-0.39, 0.29) is 17.3 Å². The number of nitrogens with one attached hydrogen (secondary N) is 1. The van der Waals surface area contributed by atoms with Crippen LogP contribution in [0.15, 0.2) is 60.8 Å². The second kappa shape index (κ2) is 8.54. The Morgan fingerprint density at radius 3 is 2.69 bits per heavy atom. The molecule has 0 saturated carbocycles. The number of hydrogen-bond acceptors (Lipinski definition) is 4. The molecule has 3 aromatic rings. The van der Waals surface area contributed by atoms with Crippen LogP contribution in [0.2, 0.25) is 0 Å². The molecule has 2 aliphatic rings. The van der Waals surface area contributed by atoms with Crippen LogP contribution in [0, 0.1) is 5.82 Å². The Kier molecular flexibility index (Phi) is 5.59. The summed E-state index contributed by atoms with van der Waals surface area (Å²) in [7, 11) is 1.68. The number of fused-ring (bicyclic) bond motifs is 4. The molecule has 0 aliphatic carbocycles. The van der Waals surface area contributed by atoms with Gasteiger partial charge < -0.3 is 19.5 Å². The minimum absolute atomic E-state index is 0.167. The van der Waals surface area contributed by atoms with E-state index in [1.165, 1.54) is 17.8 Å². The molecule has 0 bridgehead atoms. The maximum atomic E-state index is 13.0. The Morgan fingerprint density at radius 2 is 1.94 bits per heavy atom. The molecule has 1 fully saturated rings. The second-order valence-electron chi connectivity index (χ2n) is 8.35. The molecule has 1 amide bonds. The van der Waals surface area contributed by atoms with Crippen LogP contribution >= 0.6 is 11.8 Å². The summed E-state index contributed by atoms with van der Waals surface area (Å²) in [6.07, 6.45) is 3.80. The Hall–Kier alpha value is -2.93. The molecule has 1 spiro atoms. The number of piperidine rings is 1. The van der Waals surface area contributed by atoms with E-state index in [4.69, 9.17) is 4.74 Å². The molecule has 3 heterocycles. The van der Waals surface area contributed by atoms with Crippen molar-refractivity contribution in [2.75, 3.05) is 31.3 Å². The van der Waals surface area contributed by atoms with Gasteiger partial charge in [0.1, 0.15) is 11.6 Å². The fraction of sp³-hybridized carbons (Fsp3) is 0.320. The van der Waals surface area contributed by atoms with Gasteiger partial charge in [0.05, 0.1) is 29.8 Å². The van der Waals surface area contributed by atoms with Crippen LogP contribution in [-0.2, 0) is 16.1 Å². The van der Waals surface area contributed by atoms with Gasteiger partial charge >= 0.3 is 0 Å². The Bertz CT molecular complexity index is 1120. The lowest BCUT2D eigenvalue weighted by Crippen LogP contribution is -2.51. The van der Waals surface area contributed by atoms with Gasteiger partial charge in [0, 0.05) is 36.8 Å². The molecular weight excluding hydrogens is 425 g/mol. The molecular formula is C25H26FN3O2S. The first-order valence-electron chi connectivity index (χ1n) is 10.8. The van der Waals surface area contributed by atoms with Crippen LogP contribution in [0.4, 0.5) is 10.1 Å². The van der Waals surface area contributed by atoms with Gasteiger partial charge in [0.2, 0.25) is 5.91 Å². The number of hydrogen-bond donors (Lipinski definition) is 1. The maximum Gasteiger partial charge on any atom is 0.232 e. The van der Waals surface area contributed by atoms with Crippen LogP contribution in [0.25, 0.3) is 5.69 Å². The summed E-state index contributed by atoms with van der Waals surface area (Å²) in [5.74, 6) is 1.90. The summed E-state index contributed by atoms with van der Waals surface area (Å²) >= 11 is 1.58. The number of aromatic nitrogens is 1. The average molecular weight is 452 g/mol. The lowest BCUT2D eigenvalue weighted by molar-refractivity contribution is -0.129. The molecule has 1 N–H and O–H groups in total. The summed E-state index contributed by atoms with van der Waals surface area (Å²) in [5.41, 5.74) is 4.26.